The lowest BCUT2D eigenvalue weighted by Gasteiger charge is -2.61. The van der Waals surface area contributed by atoms with Gasteiger partial charge in [-0.2, -0.15) is 0 Å². The molecule has 1 aromatic heterocycles. The van der Waals surface area contributed by atoms with Crippen LogP contribution in [0.25, 0.3) is 11.0 Å². The molecule has 1 heterocycles. The average Bonchev–Trinajstić information content (AvgIpc) is 2.92. The number of phenolic OH excluding ortho intramolecular Hbond substituents is 2. The van der Waals surface area contributed by atoms with E-state index in [9.17, 15) is 19.8 Å². The number of ketones is 2. The van der Waals surface area contributed by atoms with E-state index in [0.717, 1.165) is 29.2 Å². The largest absolute Gasteiger partial charge is 0.504 e. The SMILES string of the molecule is CC(C)=CCC[C@]1(C)[C@@H](CC=C(C)C)C[C@@]2(CC=C(C)C)C(=O)c3c(oc4cc(O)c(O)cc4c3=O)[C@]1(CC=C(C)C)C2=O. The van der Waals surface area contributed by atoms with E-state index >= 15 is 4.79 Å². The molecule has 2 bridgehead atoms. The Morgan fingerprint density at radius 2 is 1.41 bits per heavy atom. The van der Waals surface area contributed by atoms with Crippen LogP contribution in [-0.4, -0.2) is 21.8 Å². The van der Waals surface area contributed by atoms with Crippen LogP contribution in [0.15, 0.2) is 67.9 Å². The van der Waals surface area contributed by atoms with E-state index in [-0.39, 0.29) is 46.8 Å². The Hall–Kier alpha value is -3.67. The molecule has 0 radical (unpaired) electrons. The van der Waals surface area contributed by atoms with Gasteiger partial charge in [0.05, 0.1) is 16.2 Å². The molecule has 6 heteroatoms. The van der Waals surface area contributed by atoms with Crippen molar-refractivity contribution in [1.82, 2.24) is 0 Å². The lowest BCUT2D eigenvalue weighted by atomic mass is 9.38. The maximum atomic E-state index is 15.5. The van der Waals surface area contributed by atoms with Gasteiger partial charge in [0.25, 0.3) is 0 Å². The zero-order valence-corrected chi connectivity index (χ0v) is 27.8. The first-order chi connectivity index (χ1) is 20.5. The van der Waals surface area contributed by atoms with Crippen molar-refractivity contribution in [2.75, 3.05) is 0 Å². The molecule has 236 valence electrons. The number of allylic oxidation sites excluding steroid dienone is 8. The second-order valence-corrected chi connectivity index (χ2v) is 14.2. The van der Waals surface area contributed by atoms with Crippen LogP contribution in [0.4, 0.5) is 0 Å². The minimum atomic E-state index is -1.43. The van der Waals surface area contributed by atoms with Gasteiger partial charge in [0.15, 0.2) is 23.1 Å². The van der Waals surface area contributed by atoms with Gasteiger partial charge in [0.2, 0.25) is 5.43 Å². The smallest absolute Gasteiger partial charge is 0.204 e. The molecule has 1 aromatic carbocycles. The first-order valence-corrected chi connectivity index (χ1v) is 15.7. The number of benzene rings is 1. The summed E-state index contributed by atoms with van der Waals surface area (Å²) in [5, 5.41) is 20.6. The molecule has 4 atom stereocenters. The van der Waals surface area contributed by atoms with Crippen molar-refractivity contribution in [3.8, 4) is 11.5 Å². The van der Waals surface area contributed by atoms with Crippen molar-refractivity contribution >= 4 is 22.5 Å². The van der Waals surface area contributed by atoms with E-state index in [1.165, 1.54) is 11.6 Å². The molecule has 0 amide bonds. The molecule has 2 aromatic rings. The highest BCUT2D eigenvalue weighted by molar-refractivity contribution is 6.23. The van der Waals surface area contributed by atoms with Crippen molar-refractivity contribution in [3.63, 3.8) is 0 Å². The molecule has 2 aliphatic rings. The zero-order valence-electron chi connectivity index (χ0n) is 27.8. The van der Waals surface area contributed by atoms with Crippen molar-refractivity contribution < 1.29 is 24.2 Å². The first-order valence-electron chi connectivity index (χ1n) is 15.7. The van der Waals surface area contributed by atoms with Gasteiger partial charge in [0, 0.05) is 6.07 Å². The molecule has 0 unspecified atom stereocenters. The van der Waals surface area contributed by atoms with Gasteiger partial charge in [0.1, 0.15) is 16.9 Å². The Bertz CT molecular complexity index is 1680. The van der Waals surface area contributed by atoms with Crippen LogP contribution in [0.2, 0.25) is 0 Å². The van der Waals surface area contributed by atoms with Crippen LogP contribution in [0.5, 0.6) is 11.5 Å². The van der Waals surface area contributed by atoms with Crippen LogP contribution in [0.1, 0.15) is 117 Å². The summed E-state index contributed by atoms with van der Waals surface area (Å²) in [6.07, 6.45) is 11.2. The highest BCUT2D eigenvalue weighted by Crippen LogP contribution is 2.67. The van der Waals surface area contributed by atoms with Gasteiger partial charge >= 0.3 is 0 Å². The summed E-state index contributed by atoms with van der Waals surface area (Å²) in [4.78, 5) is 44.6. The van der Waals surface area contributed by atoms with E-state index in [2.05, 4.69) is 46.8 Å². The first kappa shape index (κ1) is 33.2. The fraction of sp³-hybridized carbons (Fsp3) is 0.500. The predicted octanol–water partition coefficient (Wildman–Crippen LogP) is 9.04. The van der Waals surface area contributed by atoms with Crippen molar-refractivity contribution in [2.45, 2.75) is 106 Å². The van der Waals surface area contributed by atoms with Gasteiger partial charge in [-0.05, 0) is 111 Å². The Morgan fingerprint density at radius 1 is 0.841 bits per heavy atom. The molecule has 4 rings (SSSR count). The molecule has 2 aliphatic carbocycles. The molecule has 1 saturated carbocycles. The van der Waals surface area contributed by atoms with E-state index in [4.69, 9.17) is 4.42 Å². The predicted molar refractivity (Wildman–Crippen MR) is 176 cm³/mol. The number of carbonyl (C=O) groups excluding carboxylic acids is 2. The topological polar surface area (TPSA) is 105 Å². The summed E-state index contributed by atoms with van der Waals surface area (Å²) < 4.78 is 6.54. The third kappa shape index (κ3) is 5.31. The second kappa shape index (κ2) is 12.0. The highest BCUT2D eigenvalue weighted by atomic mass is 16.3. The molecule has 2 N–H and O–H groups in total. The van der Waals surface area contributed by atoms with Crippen molar-refractivity contribution in [2.24, 2.45) is 16.7 Å². The fourth-order valence-electron chi connectivity index (χ4n) is 7.50. The average molecular weight is 601 g/mol. The number of carbonyl (C=O) groups is 2. The summed E-state index contributed by atoms with van der Waals surface area (Å²) in [7, 11) is 0. The fourth-order valence-corrected chi connectivity index (χ4v) is 7.50. The summed E-state index contributed by atoms with van der Waals surface area (Å²) in [6, 6.07) is 2.35. The van der Waals surface area contributed by atoms with Crippen LogP contribution in [0, 0.1) is 16.7 Å². The van der Waals surface area contributed by atoms with Crippen LogP contribution in [-0.2, 0) is 10.2 Å². The van der Waals surface area contributed by atoms with E-state index in [1.54, 1.807) is 0 Å². The van der Waals surface area contributed by atoms with E-state index in [0.29, 0.717) is 19.3 Å². The van der Waals surface area contributed by atoms with E-state index in [1.807, 2.05) is 39.8 Å². The molecule has 44 heavy (non-hydrogen) atoms. The third-order valence-electron chi connectivity index (χ3n) is 10.0. The zero-order chi connectivity index (χ0) is 32.8. The van der Waals surface area contributed by atoms with Crippen LogP contribution in [0.3, 0.4) is 0 Å². The van der Waals surface area contributed by atoms with Gasteiger partial charge in [-0.25, -0.2) is 0 Å². The van der Waals surface area contributed by atoms with Crippen LogP contribution < -0.4 is 5.43 Å². The molecule has 1 fully saturated rings. The normalized spacial score (nSPS) is 25.7. The number of hydrogen-bond acceptors (Lipinski definition) is 6. The van der Waals surface area contributed by atoms with Gasteiger partial charge < -0.3 is 14.6 Å². The van der Waals surface area contributed by atoms with Crippen molar-refractivity contribution in [1.29, 1.82) is 0 Å². The highest BCUT2D eigenvalue weighted by Gasteiger charge is 2.72. The summed E-state index contributed by atoms with van der Waals surface area (Å²) in [5.41, 5.74) is 0.266. The summed E-state index contributed by atoms with van der Waals surface area (Å²) in [6.45, 7) is 18.2. The number of fused-ring (bicyclic) bond motifs is 5. The minimum absolute atomic E-state index is 0.00175. The minimum Gasteiger partial charge on any atom is -0.504 e. The lowest BCUT2D eigenvalue weighted by molar-refractivity contribution is -0.153. The van der Waals surface area contributed by atoms with Crippen LogP contribution >= 0.6 is 0 Å². The number of Topliss-reactive ketones (excluding diaryl/α,β-unsaturated/α-hetero) is 2. The second-order valence-electron chi connectivity index (χ2n) is 14.2. The number of aromatic hydroxyl groups is 2. The Balaban J connectivity index is 2.24. The summed E-state index contributed by atoms with van der Waals surface area (Å²) >= 11 is 0. The third-order valence-corrected chi connectivity index (χ3v) is 10.0. The molecular formula is C38H48O6. The van der Waals surface area contributed by atoms with Gasteiger partial charge in [-0.3, -0.25) is 14.4 Å². The number of hydrogen-bond donors (Lipinski definition) is 2. The van der Waals surface area contributed by atoms with Crippen molar-refractivity contribution in [3.05, 3.63) is 80.3 Å². The van der Waals surface area contributed by atoms with Gasteiger partial charge in [-0.1, -0.05) is 53.5 Å². The maximum absolute atomic E-state index is 15.5. The standard InChI is InChI=1S/C38H48O6/c1-22(2)11-10-16-36(9)26(13-12-23(3)4)21-37(17-14-24(5)6)33(42)31-32(41)27-19-28(39)29(40)20-30(27)44-34(31)38(36,35(37)43)18-15-25(7)8/h11-12,14-15,19-20,26,39-40H,10,13,16-18,21H2,1-9H3/t26-,36+,37-,38+/m0/s1. The Morgan fingerprint density at radius 3 is 2.00 bits per heavy atom. The van der Waals surface area contributed by atoms with Gasteiger partial charge in [-0.15, -0.1) is 0 Å². The molecule has 0 spiro atoms. The number of phenols is 2. The number of rotatable bonds is 9. The lowest BCUT2D eigenvalue weighted by Crippen LogP contribution is -2.68. The Kier molecular flexibility index (Phi) is 9.08. The Labute approximate surface area is 261 Å². The van der Waals surface area contributed by atoms with E-state index < -0.39 is 39.0 Å². The molecular weight excluding hydrogens is 552 g/mol. The molecule has 6 nitrogen and oxygen atoms in total. The molecule has 0 aliphatic heterocycles. The molecule has 0 saturated heterocycles. The summed E-state index contributed by atoms with van der Waals surface area (Å²) in [5.74, 6) is -1.57. The maximum Gasteiger partial charge on any atom is 0.204 e. The quantitative estimate of drug-likeness (QED) is 0.169. The monoisotopic (exact) mass is 600 g/mol.